The van der Waals surface area contributed by atoms with E-state index in [1.54, 1.807) is 7.11 Å². The Kier molecular flexibility index (Phi) is 4.42. The lowest BCUT2D eigenvalue weighted by atomic mass is 9.92. The van der Waals surface area contributed by atoms with Gasteiger partial charge in [-0.15, -0.1) is 0 Å². The van der Waals surface area contributed by atoms with Gasteiger partial charge in [0, 0.05) is 12.0 Å². The molecule has 116 valence electrons. The minimum atomic E-state index is 0.180. The van der Waals surface area contributed by atoms with Crippen LogP contribution in [0.1, 0.15) is 35.2 Å². The minimum Gasteiger partial charge on any atom is -0.497 e. The first-order valence-corrected chi connectivity index (χ1v) is 7.83. The van der Waals surface area contributed by atoms with Gasteiger partial charge >= 0.3 is 0 Å². The fraction of sp³-hybridized carbons (Fsp3) is 0.190. The molecular formula is C21H20O2. The Hall–Kier alpha value is -2.61. The van der Waals surface area contributed by atoms with E-state index in [2.05, 4.69) is 19.1 Å². The lowest BCUT2D eigenvalue weighted by Gasteiger charge is -2.11. The van der Waals surface area contributed by atoms with E-state index in [0.29, 0.717) is 6.42 Å². The molecule has 0 aromatic heterocycles. The van der Waals surface area contributed by atoms with Crippen molar-refractivity contribution >= 4 is 16.6 Å². The second-order valence-corrected chi connectivity index (χ2v) is 5.87. The van der Waals surface area contributed by atoms with E-state index < -0.39 is 0 Å². The summed E-state index contributed by atoms with van der Waals surface area (Å²) in [6.07, 6.45) is 0.520. The molecule has 2 nitrogen and oxygen atoms in total. The van der Waals surface area contributed by atoms with Gasteiger partial charge in [-0.25, -0.2) is 0 Å². The van der Waals surface area contributed by atoms with E-state index in [4.69, 9.17) is 4.74 Å². The summed E-state index contributed by atoms with van der Waals surface area (Å²) in [7, 11) is 1.66. The summed E-state index contributed by atoms with van der Waals surface area (Å²) in [4.78, 5) is 12.6. The number of carbonyl (C=O) groups is 1. The standard InChI is InChI=1S/C21H20O2/c1-15(16-6-4-3-5-7-16)12-21(22)19-9-8-18-14-20(23-2)11-10-17(18)13-19/h3-11,13-15H,12H2,1-2H3. The number of hydrogen-bond acceptors (Lipinski definition) is 2. The summed E-state index contributed by atoms with van der Waals surface area (Å²) in [6.45, 7) is 2.10. The summed E-state index contributed by atoms with van der Waals surface area (Å²) < 4.78 is 5.23. The van der Waals surface area contributed by atoms with E-state index in [9.17, 15) is 4.79 Å². The zero-order valence-electron chi connectivity index (χ0n) is 13.5. The summed E-state index contributed by atoms with van der Waals surface area (Å²) >= 11 is 0. The summed E-state index contributed by atoms with van der Waals surface area (Å²) in [5.74, 6) is 1.23. The highest BCUT2D eigenvalue weighted by atomic mass is 16.5. The fourth-order valence-corrected chi connectivity index (χ4v) is 2.82. The topological polar surface area (TPSA) is 26.3 Å². The van der Waals surface area contributed by atoms with Crippen LogP contribution in [0, 0.1) is 0 Å². The molecule has 0 fully saturated rings. The summed E-state index contributed by atoms with van der Waals surface area (Å²) in [5, 5.41) is 2.14. The molecule has 23 heavy (non-hydrogen) atoms. The molecule has 0 aliphatic rings. The molecule has 3 rings (SSSR count). The third kappa shape index (κ3) is 3.42. The SMILES string of the molecule is COc1ccc2cc(C(=O)CC(C)c3ccccc3)ccc2c1. The van der Waals surface area contributed by atoms with E-state index >= 15 is 0 Å². The van der Waals surface area contributed by atoms with Crippen LogP contribution < -0.4 is 4.74 Å². The first-order chi connectivity index (χ1) is 11.2. The Balaban J connectivity index is 1.81. The molecule has 0 amide bonds. The molecule has 0 saturated carbocycles. The highest BCUT2D eigenvalue weighted by Gasteiger charge is 2.13. The molecule has 0 saturated heterocycles. The molecule has 1 atom stereocenters. The van der Waals surface area contributed by atoms with Gasteiger partial charge < -0.3 is 4.74 Å². The van der Waals surface area contributed by atoms with Crippen LogP contribution in [0.2, 0.25) is 0 Å². The van der Waals surface area contributed by atoms with E-state index in [-0.39, 0.29) is 11.7 Å². The number of fused-ring (bicyclic) bond motifs is 1. The van der Waals surface area contributed by atoms with Gasteiger partial charge in [-0.05, 0) is 40.5 Å². The molecule has 3 aromatic carbocycles. The summed E-state index contributed by atoms with van der Waals surface area (Å²) in [6, 6.07) is 21.9. The van der Waals surface area contributed by atoms with Crippen LogP contribution in [0.5, 0.6) is 5.75 Å². The van der Waals surface area contributed by atoms with Gasteiger partial charge in [-0.1, -0.05) is 55.5 Å². The first kappa shape index (κ1) is 15.3. The van der Waals surface area contributed by atoms with Crippen molar-refractivity contribution in [2.75, 3.05) is 7.11 Å². The van der Waals surface area contributed by atoms with Crippen LogP contribution in [0.4, 0.5) is 0 Å². The monoisotopic (exact) mass is 304 g/mol. The molecule has 3 aromatic rings. The van der Waals surface area contributed by atoms with Gasteiger partial charge in [0.1, 0.15) is 5.75 Å². The van der Waals surface area contributed by atoms with Crippen LogP contribution in [-0.2, 0) is 0 Å². The Morgan fingerprint density at radius 2 is 1.65 bits per heavy atom. The molecule has 0 N–H and O–H groups in total. The number of ketones is 1. The van der Waals surface area contributed by atoms with Crippen molar-refractivity contribution < 1.29 is 9.53 Å². The number of carbonyl (C=O) groups excluding carboxylic acids is 1. The van der Waals surface area contributed by atoms with Crippen molar-refractivity contribution in [3.05, 3.63) is 77.9 Å². The zero-order chi connectivity index (χ0) is 16.2. The molecule has 0 heterocycles. The van der Waals surface area contributed by atoms with Crippen molar-refractivity contribution in [1.29, 1.82) is 0 Å². The number of benzene rings is 3. The minimum absolute atomic E-state index is 0.180. The highest BCUT2D eigenvalue weighted by Crippen LogP contribution is 2.25. The lowest BCUT2D eigenvalue weighted by Crippen LogP contribution is -2.05. The second kappa shape index (κ2) is 6.66. The average molecular weight is 304 g/mol. The third-order valence-corrected chi connectivity index (χ3v) is 4.23. The summed E-state index contributed by atoms with van der Waals surface area (Å²) in [5.41, 5.74) is 1.97. The number of ether oxygens (including phenoxy) is 1. The lowest BCUT2D eigenvalue weighted by molar-refractivity contribution is 0.0976. The van der Waals surface area contributed by atoms with E-state index in [1.165, 1.54) is 5.56 Å². The normalized spacial score (nSPS) is 12.1. The molecule has 2 heteroatoms. The maximum absolute atomic E-state index is 12.6. The third-order valence-electron chi connectivity index (χ3n) is 4.23. The van der Waals surface area contributed by atoms with Gasteiger partial charge in [-0.3, -0.25) is 4.79 Å². The number of Topliss-reactive ketones (excluding diaryl/α,β-unsaturated/α-hetero) is 1. The second-order valence-electron chi connectivity index (χ2n) is 5.87. The maximum atomic E-state index is 12.6. The smallest absolute Gasteiger partial charge is 0.163 e. The van der Waals surface area contributed by atoms with Crippen LogP contribution in [0.3, 0.4) is 0 Å². The largest absolute Gasteiger partial charge is 0.497 e. The molecule has 0 bridgehead atoms. The van der Waals surface area contributed by atoms with Gasteiger partial charge in [-0.2, -0.15) is 0 Å². The van der Waals surface area contributed by atoms with Crippen molar-refractivity contribution in [3.8, 4) is 5.75 Å². The number of hydrogen-bond donors (Lipinski definition) is 0. The fourth-order valence-electron chi connectivity index (χ4n) is 2.82. The highest BCUT2D eigenvalue weighted by molar-refractivity contribution is 6.00. The van der Waals surface area contributed by atoms with Gasteiger partial charge in [0.2, 0.25) is 0 Å². The predicted molar refractivity (Wildman–Crippen MR) is 94.3 cm³/mol. The molecule has 0 radical (unpaired) electrons. The molecular weight excluding hydrogens is 284 g/mol. The predicted octanol–water partition coefficient (Wildman–Crippen LogP) is 5.22. The van der Waals surface area contributed by atoms with Crippen molar-refractivity contribution in [3.63, 3.8) is 0 Å². The maximum Gasteiger partial charge on any atom is 0.163 e. The van der Waals surface area contributed by atoms with Crippen molar-refractivity contribution in [1.82, 2.24) is 0 Å². The van der Waals surface area contributed by atoms with Crippen LogP contribution in [0.15, 0.2) is 66.7 Å². The van der Waals surface area contributed by atoms with Gasteiger partial charge in [0.05, 0.1) is 7.11 Å². The van der Waals surface area contributed by atoms with Crippen molar-refractivity contribution in [2.45, 2.75) is 19.3 Å². The van der Waals surface area contributed by atoms with Gasteiger partial charge in [0.25, 0.3) is 0 Å². The number of rotatable bonds is 5. The molecule has 1 unspecified atom stereocenters. The van der Waals surface area contributed by atoms with Crippen LogP contribution >= 0.6 is 0 Å². The molecule has 0 aliphatic carbocycles. The average Bonchev–Trinajstić information content (AvgIpc) is 2.61. The first-order valence-electron chi connectivity index (χ1n) is 7.83. The van der Waals surface area contributed by atoms with Gasteiger partial charge in [0.15, 0.2) is 5.78 Å². The Labute approximate surface area is 136 Å². The van der Waals surface area contributed by atoms with E-state index in [0.717, 1.165) is 22.1 Å². The zero-order valence-corrected chi connectivity index (χ0v) is 13.5. The quantitative estimate of drug-likeness (QED) is 0.604. The van der Waals surface area contributed by atoms with Crippen molar-refractivity contribution in [2.24, 2.45) is 0 Å². The Bertz CT molecular complexity index is 822. The van der Waals surface area contributed by atoms with Crippen LogP contribution in [0.25, 0.3) is 10.8 Å². The molecule has 0 aliphatic heterocycles. The van der Waals surface area contributed by atoms with Crippen LogP contribution in [-0.4, -0.2) is 12.9 Å². The molecule has 0 spiro atoms. The number of methoxy groups -OCH3 is 1. The Morgan fingerprint density at radius 3 is 2.39 bits per heavy atom. The Morgan fingerprint density at radius 1 is 0.957 bits per heavy atom. The van der Waals surface area contributed by atoms with E-state index in [1.807, 2.05) is 54.6 Å².